The van der Waals surface area contributed by atoms with E-state index in [9.17, 15) is 14.9 Å². The molecule has 6 heteroatoms. The normalized spacial score (nSPS) is 15.0. The second-order valence-corrected chi connectivity index (χ2v) is 8.66. The molecule has 2 aromatic rings. The van der Waals surface area contributed by atoms with Crippen LogP contribution in [0, 0.1) is 15.5 Å². The molecule has 158 valence electrons. The van der Waals surface area contributed by atoms with Gasteiger partial charge in [-0.3, -0.25) is 10.1 Å². The summed E-state index contributed by atoms with van der Waals surface area (Å²) >= 11 is 0. The Bertz CT molecular complexity index is 928. The Labute approximate surface area is 177 Å². The van der Waals surface area contributed by atoms with Crippen LogP contribution in [-0.4, -0.2) is 10.9 Å². The minimum atomic E-state index is -0.449. The van der Waals surface area contributed by atoms with Gasteiger partial charge >= 0.3 is 5.97 Å². The molecule has 1 aliphatic carbocycles. The van der Waals surface area contributed by atoms with Crippen molar-refractivity contribution in [2.24, 2.45) is 5.41 Å². The molecule has 1 N–H and O–H groups in total. The average molecular weight is 408 g/mol. The summed E-state index contributed by atoms with van der Waals surface area (Å²) in [6, 6.07) is 16.4. The number of ether oxygens (including phenoxy) is 1. The molecule has 0 aliphatic heterocycles. The van der Waals surface area contributed by atoms with Gasteiger partial charge in [0.25, 0.3) is 5.69 Å². The minimum absolute atomic E-state index is 0.0178. The van der Waals surface area contributed by atoms with Crippen LogP contribution in [0.2, 0.25) is 0 Å². The van der Waals surface area contributed by atoms with Crippen LogP contribution >= 0.6 is 0 Å². The lowest BCUT2D eigenvalue weighted by atomic mass is 9.82. The summed E-state index contributed by atoms with van der Waals surface area (Å²) in [5.41, 5.74) is 3.53. The van der Waals surface area contributed by atoms with Gasteiger partial charge in [0, 0.05) is 17.8 Å². The maximum atomic E-state index is 12.7. The summed E-state index contributed by atoms with van der Waals surface area (Å²) in [6.07, 6.45) is 2.42. The van der Waals surface area contributed by atoms with E-state index in [1.807, 2.05) is 18.2 Å². The number of carbonyl (C=O) groups is 1. The van der Waals surface area contributed by atoms with Crippen LogP contribution in [0.5, 0.6) is 0 Å². The second kappa shape index (κ2) is 9.11. The summed E-state index contributed by atoms with van der Waals surface area (Å²) < 4.78 is 5.51. The number of nitro benzene ring substituents is 1. The first-order chi connectivity index (χ1) is 14.3. The average Bonchev–Trinajstić information content (AvgIpc) is 3.19. The largest absolute Gasteiger partial charge is 0.457 e. The maximum absolute atomic E-state index is 12.7. The fraction of sp³-hybridized carbons (Fsp3) is 0.375. The van der Waals surface area contributed by atoms with Gasteiger partial charge in [0.05, 0.1) is 16.5 Å². The Hall–Kier alpha value is -3.15. The van der Waals surface area contributed by atoms with Gasteiger partial charge in [0.2, 0.25) is 0 Å². The summed E-state index contributed by atoms with van der Waals surface area (Å²) in [5, 5.41) is 14.4. The first kappa shape index (κ1) is 21.6. The van der Waals surface area contributed by atoms with Crippen LogP contribution in [0.4, 0.5) is 5.69 Å². The lowest BCUT2D eigenvalue weighted by molar-refractivity contribution is -0.384. The van der Waals surface area contributed by atoms with Crippen molar-refractivity contribution in [3.63, 3.8) is 0 Å². The van der Waals surface area contributed by atoms with Crippen LogP contribution in [0.3, 0.4) is 0 Å². The topological polar surface area (TPSA) is 81.5 Å². The number of benzene rings is 2. The molecule has 0 saturated heterocycles. The van der Waals surface area contributed by atoms with Gasteiger partial charge in [-0.25, -0.2) is 4.79 Å². The van der Waals surface area contributed by atoms with Crippen molar-refractivity contribution in [1.29, 1.82) is 0 Å². The molecule has 0 amide bonds. The van der Waals surface area contributed by atoms with Crippen molar-refractivity contribution in [3.05, 3.63) is 87.1 Å². The van der Waals surface area contributed by atoms with E-state index in [0.717, 1.165) is 24.1 Å². The van der Waals surface area contributed by atoms with Crippen molar-refractivity contribution >= 4 is 11.7 Å². The lowest BCUT2D eigenvalue weighted by Crippen LogP contribution is -2.32. The number of nitrogens with one attached hydrogen (secondary N) is 1. The van der Waals surface area contributed by atoms with E-state index in [-0.39, 0.29) is 29.7 Å². The van der Waals surface area contributed by atoms with Crippen LogP contribution in [0.1, 0.15) is 57.2 Å². The first-order valence-electron chi connectivity index (χ1n) is 10.2. The molecule has 1 aliphatic rings. The second-order valence-electron chi connectivity index (χ2n) is 8.66. The standard InChI is InChI=1S/C24H28N2O4/c1-24(2,3)22(18-8-5-4-6-9-18)25-21-11-7-10-20(21)23(27)30-16-17-12-14-19(15-13-17)26(28)29/h4-6,8-9,12-15,22,25H,7,10-11,16H2,1-3H3/t22-/m0/s1. The summed E-state index contributed by atoms with van der Waals surface area (Å²) in [7, 11) is 0. The fourth-order valence-electron chi connectivity index (χ4n) is 3.70. The number of carbonyl (C=O) groups excluding carboxylic acids is 1. The smallest absolute Gasteiger partial charge is 0.336 e. The predicted octanol–water partition coefficient (Wildman–Crippen LogP) is 5.45. The lowest BCUT2D eigenvalue weighted by Gasteiger charge is -2.33. The molecule has 1 atom stereocenters. The van der Waals surface area contributed by atoms with Gasteiger partial charge in [-0.2, -0.15) is 0 Å². The highest BCUT2D eigenvalue weighted by Crippen LogP contribution is 2.36. The zero-order valence-corrected chi connectivity index (χ0v) is 17.7. The fourth-order valence-corrected chi connectivity index (χ4v) is 3.70. The number of rotatable bonds is 7. The van der Waals surface area contributed by atoms with Crippen LogP contribution < -0.4 is 5.32 Å². The number of nitrogens with zero attached hydrogens (tertiary/aromatic N) is 1. The van der Waals surface area contributed by atoms with E-state index in [2.05, 4.69) is 38.2 Å². The summed E-state index contributed by atoms with van der Waals surface area (Å²) in [5.74, 6) is -0.325. The molecule has 3 rings (SSSR count). The van der Waals surface area contributed by atoms with Gasteiger partial charge in [0.15, 0.2) is 0 Å². The summed E-state index contributed by atoms with van der Waals surface area (Å²) in [4.78, 5) is 23.1. The Morgan fingerprint density at radius 3 is 2.37 bits per heavy atom. The van der Waals surface area contributed by atoms with Crippen LogP contribution in [0.25, 0.3) is 0 Å². The first-order valence-corrected chi connectivity index (χ1v) is 10.2. The number of nitro groups is 1. The Morgan fingerprint density at radius 1 is 1.10 bits per heavy atom. The molecule has 6 nitrogen and oxygen atoms in total. The Morgan fingerprint density at radius 2 is 1.77 bits per heavy atom. The van der Waals surface area contributed by atoms with Crippen LogP contribution in [-0.2, 0) is 16.1 Å². The highest BCUT2D eigenvalue weighted by molar-refractivity contribution is 5.89. The third-order valence-corrected chi connectivity index (χ3v) is 5.30. The molecule has 0 heterocycles. The molecule has 0 saturated carbocycles. The quantitative estimate of drug-likeness (QED) is 0.374. The van der Waals surface area contributed by atoms with Gasteiger partial charge in [-0.15, -0.1) is 0 Å². The number of hydrogen-bond acceptors (Lipinski definition) is 5. The molecule has 0 bridgehead atoms. The molecule has 0 unspecified atom stereocenters. The van der Waals surface area contributed by atoms with E-state index in [0.29, 0.717) is 12.0 Å². The molecular formula is C24H28N2O4. The third kappa shape index (κ3) is 5.26. The number of non-ortho nitro benzene ring substituents is 1. The molecule has 0 fully saturated rings. The van der Waals surface area contributed by atoms with Gasteiger partial charge < -0.3 is 10.1 Å². The van der Waals surface area contributed by atoms with Gasteiger partial charge in [-0.05, 0) is 47.9 Å². The number of esters is 1. The van der Waals surface area contributed by atoms with E-state index in [4.69, 9.17) is 4.74 Å². The van der Waals surface area contributed by atoms with Crippen LogP contribution in [0.15, 0.2) is 65.9 Å². The van der Waals surface area contributed by atoms with Crippen molar-refractivity contribution in [2.45, 2.75) is 52.7 Å². The minimum Gasteiger partial charge on any atom is -0.457 e. The molecule has 30 heavy (non-hydrogen) atoms. The molecule has 0 aromatic heterocycles. The molecule has 2 aromatic carbocycles. The highest BCUT2D eigenvalue weighted by Gasteiger charge is 2.30. The molecular weight excluding hydrogens is 380 g/mol. The van der Waals surface area contributed by atoms with Crippen molar-refractivity contribution < 1.29 is 14.5 Å². The van der Waals surface area contributed by atoms with Crippen molar-refractivity contribution in [3.8, 4) is 0 Å². The maximum Gasteiger partial charge on any atom is 0.336 e. The monoisotopic (exact) mass is 408 g/mol. The Balaban J connectivity index is 1.71. The SMILES string of the molecule is CC(C)(C)[C@@H](NC1=C(C(=O)OCc2ccc([N+](=O)[O-])cc2)CCC1)c1ccccc1. The zero-order valence-electron chi connectivity index (χ0n) is 17.7. The van der Waals surface area contributed by atoms with E-state index < -0.39 is 4.92 Å². The zero-order chi connectivity index (χ0) is 21.7. The highest BCUT2D eigenvalue weighted by atomic mass is 16.6. The third-order valence-electron chi connectivity index (χ3n) is 5.30. The number of allylic oxidation sites excluding steroid dienone is 1. The molecule has 0 spiro atoms. The predicted molar refractivity (Wildman–Crippen MR) is 116 cm³/mol. The van der Waals surface area contributed by atoms with Gasteiger partial charge in [-0.1, -0.05) is 51.1 Å². The van der Waals surface area contributed by atoms with E-state index in [1.165, 1.54) is 17.7 Å². The van der Waals surface area contributed by atoms with Gasteiger partial charge in [0.1, 0.15) is 6.61 Å². The molecule has 0 radical (unpaired) electrons. The summed E-state index contributed by atoms with van der Waals surface area (Å²) in [6.45, 7) is 6.63. The number of hydrogen-bond donors (Lipinski definition) is 1. The van der Waals surface area contributed by atoms with E-state index in [1.54, 1.807) is 12.1 Å². The van der Waals surface area contributed by atoms with Crippen molar-refractivity contribution in [1.82, 2.24) is 5.32 Å². The van der Waals surface area contributed by atoms with E-state index >= 15 is 0 Å². The Kier molecular flexibility index (Phi) is 6.55. The van der Waals surface area contributed by atoms with Crippen molar-refractivity contribution in [2.75, 3.05) is 0 Å².